The van der Waals surface area contributed by atoms with Gasteiger partial charge in [0.05, 0.1) is 5.25 Å². The standard InChI is InChI=1S/C17H23N3O3S/c1-18-24(22,23)15-3-2-10-20(12-15)17(21)7-5-13-4-6-16-14(11-13)8-9-19-16/h4,6,8-9,11,15,18-19H,2-3,5,7,10,12H2,1H3. The van der Waals surface area contributed by atoms with Crippen molar-refractivity contribution >= 4 is 26.8 Å². The maximum absolute atomic E-state index is 12.5. The Morgan fingerprint density at radius 2 is 2.21 bits per heavy atom. The van der Waals surface area contributed by atoms with Crippen LogP contribution >= 0.6 is 0 Å². The Labute approximate surface area is 142 Å². The Balaban J connectivity index is 1.60. The first-order valence-electron chi connectivity index (χ1n) is 8.26. The van der Waals surface area contributed by atoms with Crippen molar-refractivity contribution in [2.75, 3.05) is 20.1 Å². The van der Waals surface area contributed by atoms with E-state index < -0.39 is 15.3 Å². The van der Waals surface area contributed by atoms with Gasteiger partial charge in [0.2, 0.25) is 15.9 Å². The topological polar surface area (TPSA) is 82.3 Å². The number of aromatic amines is 1. The summed E-state index contributed by atoms with van der Waals surface area (Å²) in [7, 11) is -1.90. The van der Waals surface area contributed by atoms with Crippen LogP contribution in [0.25, 0.3) is 10.9 Å². The summed E-state index contributed by atoms with van der Waals surface area (Å²) in [5.41, 5.74) is 2.20. The number of aromatic nitrogens is 1. The number of carbonyl (C=O) groups is 1. The summed E-state index contributed by atoms with van der Waals surface area (Å²) in [5, 5.41) is 0.634. The quantitative estimate of drug-likeness (QED) is 0.861. The fourth-order valence-electron chi connectivity index (χ4n) is 3.25. The van der Waals surface area contributed by atoms with Crippen LogP contribution < -0.4 is 4.72 Å². The molecule has 1 saturated heterocycles. The molecule has 0 radical (unpaired) electrons. The first kappa shape index (κ1) is 17.0. The number of nitrogens with one attached hydrogen (secondary N) is 2. The molecule has 1 aromatic heterocycles. The van der Waals surface area contributed by atoms with E-state index in [1.807, 2.05) is 24.4 Å². The van der Waals surface area contributed by atoms with Crippen molar-refractivity contribution in [2.45, 2.75) is 30.9 Å². The molecular weight excluding hydrogens is 326 g/mol. The summed E-state index contributed by atoms with van der Waals surface area (Å²) < 4.78 is 26.3. The highest BCUT2D eigenvalue weighted by Crippen LogP contribution is 2.19. The van der Waals surface area contributed by atoms with Gasteiger partial charge in [-0.2, -0.15) is 0 Å². The zero-order chi connectivity index (χ0) is 17.2. The van der Waals surface area contributed by atoms with Gasteiger partial charge in [0.15, 0.2) is 0 Å². The SMILES string of the molecule is CNS(=O)(=O)C1CCCN(C(=O)CCc2ccc3[nH]ccc3c2)C1. The van der Waals surface area contributed by atoms with Crippen molar-refractivity contribution in [3.05, 3.63) is 36.0 Å². The van der Waals surface area contributed by atoms with E-state index in [0.29, 0.717) is 32.4 Å². The number of carbonyl (C=O) groups excluding carboxylic acids is 1. The molecule has 0 bridgehead atoms. The molecule has 2 heterocycles. The number of nitrogens with zero attached hydrogens (tertiary/aromatic N) is 1. The predicted octanol–water partition coefficient (Wildman–Crippen LogP) is 1.64. The molecule has 7 heteroatoms. The molecule has 1 aliphatic heterocycles. The molecule has 2 aromatic rings. The van der Waals surface area contributed by atoms with Crippen molar-refractivity contribution < 1.29 is 13.2 Å². The summed E-state index contributed by atoms with van der Waals surface area (Å²) in [6.07, 6.45) is 4.31. The average Bonchev–Trinajstić information content (AvgIpc) is 3.07. The molecule has 3 rings (SSSR count). The Hall–Kier alpha value is -1.86. The molecule has 1 atom stereocenters. The molecule has 1 unspecified atom stereocenters. The van der Waals surface area contributed by atoms with Gasteiger partial charge < -0.3 is 9.88 Å². The van der Waals surface area contributed by atoms with E-state index in [2.05, 4.69) is 15.8 Å². The van der Waals surface area contributed by atoms with Crippen molar-refractivity contribution in [3.63, 3.8) is 0 Å². The van der Waals surface area contributed by atoms with Crippen LogP contribution in [0.1, 0.15) is 24.8 Å². The molecule has 0 aliphatic carbocycles. The summed E-state index contributed by atoms with van der Waals surface area (Å²) >= 11 is 0. The number of likely N-dealkylation sites (tertiary alicyclic amines) is 1. The van der Waals surface area contributed by atoms with Gasteiger partial charge in [0.25, 0.3) is 0 Å². The number of rotatable bonds is 5. The number of piperidine rings is 1. The number of sulfonamides is 1. The summed E-state index contributed by atoms with van der Waals surface area (Å²) in [4.78, 5) is 17.3. The molecule has 2 N–H and O–H groups in total. The molecule has 130 valence electrons. The molecule has 1 aliphatic rings. The van der Waals surface area contributed by atoms with E-state index in [1.165, 1.54) is 7.05 Å². The number of aryl methyl sites for hydroxylation is 1. The minimum Gasteiger partial charge on any atom is -0.361 e. The van der Waals surface area contributed by atoms with Crippen molar-refractivity contribution in [1.82, 2.24) is 14.6 Å². The molecule has 24 heavy (non-hydrogen) atoms. The van der Waals surface area contributed by atoms with Gasteiger partial charge in [-0.3, -0.25) is 4.79 Å². The van der Waals surface area contributed by atoms with Crippen LogP contribution in [0, 0.1) is 0 Å². The lowest BCUT2D eigenvalue weighted by molar-refractivity contribution is -0.131. The first-order chi connectivity index (χ1) is 11.5. The van der Waals surface area contributed by atoms with Crippen molar-refractivity contribution in [2.24, 2.45) is 0 Å². The number of hydrogen-bond acceptors (Lipinski definition) is 3. The van der Waals surface area contributed by atoms with Gasteiger partial charge in [0.1, 0.15) is 0 Å². The van der Waals surface area contributed by atoms with E-state index in [1.54, 1.807) is 4.90 Å². The normalized spacial score (nSPS) is 18.9. The van der Waals surface area contributed by atoms with E-state index >= 15 is 0 Å². The molecule has 0 spiro atoms. The average molecular weight is 349 g/mol. The molecule has 1 fully saturated rings. The molecular formula is C17H23N3O3S. The lowest BCUT2D eigenvalue weighted by atomic mass is 10.1. The minimum atomic E-state index is -3.32. The highest BCUT2D eigenvalue weighted by Gasteiger charge is 2.31. The lowest BCUT2D eigenvalue weighted by Gasteiger charge is -2.32. The van der Waals surface area contributed by atoms with Crippen LogP contribution in [0.5, 0.6) is 0 Å². The lowest BCUT2D eigenvalue weighted by Crippen LogP contribution is -2.47. The van der Waals surface area contributed by atoms with Crippen LogP contribution in [0.3, 0.4) is 0 Å². The second-order valence-electron chi connectivity index (χ2n) is 6.25. The summed E-state index contributed by atoms with van der Waals surface area (Å²) in [6.45, 7) is 0.935. The number of amides is 1. The Morgan fingerprint density at radius 3 is 3.00 bits per heavy atom. The first-order valence-corrected chi connectivity index (χ1v) is 9.80. The molecule has 0 saturated carbocycles. The van der Waals surface area contributed by atoms with Crippen molar-refractivity contribution in [1.29, 1.82) is 0 Å². The Bertz CT molecular complexity index is 828. The number of H-pyrrole nitrogens is 1. The number of benzene rings is 1. The number of fused-ring (bicyclic) bond motifs is 1. The minimum absolute atomic E-state index is 0.0279. The van der Waals surface area contributed by atoms with E-state index in [-0.39, 0.29) is 5.91 Å². The van der Waals surface area contributed by atoms with E-state index in [4.69, 9.17) is 0 Å². The van der Waals surface area contributed by atoms with Gasteiger partial charge in [0, 0.05) is 31.2 Å². The second-order valence-corrected chi connectivity index (χ2v) is 8.42. The van der Waals surface area contributed by atoms with Gasteiger partial charge in [-0.1, -0.05) is 6.07 Å². The van der Waals surface area contributed by atoms with Gasteiger partial charge >= 0.3 is 0 Å². The zero-order valence-corrected chi connectivity index (χ0v) is 14.6. The monoisotopic (exact) mass is 349 g/mol. The smallest absolute Gasteiger partial charge is 0.222 e. The zero-order valence-electron chi connectivity index (χ0n) is 13.8. The third kappa shape index (κ3) is 3.62. The molecule has 1 aromatic carbocycles. The van der Waals surface area contributed by atoms with Crippen LogP contribution in [-0.4, -0.2) is 49.6 Å². The van der Waals surface area contributed by atoms with Crippen LogP contribution in [0.4, 0.5) is 0 Å². The maximum atomic E-state index is 12.5. The van der Waals surface area contributed by atoms with Crippen molar-refractivity contribution in [3.8, 4) is 0 Å². The molecule has 1 amide bonds. The number of hydrogen-bond donors (Lipinski definition) is 2. The Kier molecular flexibility index (Phi) is 4.91. The summed E-state index contributed by atoms with van der Waals surface area (Å²) in [5.74, 6) is 0.0279. The highest BCUT2D eigenvalue weighted by molar-refractivity contribution is 7.90. The van der Waals surface area contributed by atoms with Crippen LogP contribution in [-0.2, 0) is 21.2 Å². The fraction of sp³-hybridized carbons (Fsp3) is 0.471. The van der Waals surface area contributed by atoms with E-state index in [9.17, 15) is 13.2 Å². The van der Waals surface area contributed by atoms with Gasteiger partial charge in [-0.25, -0.2) is 13.1 Å². The third-order valence-electron chi connectivity index (χ3n) is 4.70. The Morgan fingerprint density at radius 1 is 1.38 bits per heavy atom. The highest BCUT2D eigenvalue weighted by atomic mass is 32.2. The third-order valence-corrected chi connectivity index (χ3v) is 6.53. The van der Waals surface area contributed by atoms with Gasteiger partial charge in [-0.15, -0.1) is 0 Å². The van der Waals surface area contributed by atoms with Crippen LogP contribution in [0.15, 0.2) is 30.5 Å². The van der Waals surface area contributed by atoms with Gasteiger partial charge in [-0.05, 0) is 55.5 Å². The van der Waals surface area contributed by atoms with Crippen LogP contribution in [0.2, 0.25) is 0 Å². The maximum Gasteiger partial charge on any atom is 0.222 e. The second kappa shape index (κ2) is 6.94. The van der Waals surface area contributed by atoms with E-state index in [0.717, 1.165) is 22.9 Å². The summed E-state index contributed by atoms with van der Waals surface area (Å²) in [6, 6.07) is 8.14. The predicted molar refractivity (Wildman–Crippen MR) is 94.2 cm³/mol. The fourth-order valence-corrected chi connectivity index (χ4v) is 4.44. The molecule has 6 nitrogen and oxygen atoms in total. The largest absolute Gasteiger partial charge is 0.361 e.